The Bertz CT molecular complexity index is 784. The summed E-state index contributed by atoms with van der Waals surface area (Å²) in [4.78, 5) is 11.4. The van der Waals surface area contributed by atoms with Gasteiger partial charge in [-0.2, -0.15) is 0 Å². The number of ether oxygens (including phenoxy) is 1. The van der Waals surface area contributed by atoms with E-state index in [1.54, 1.807) is 7.11 Å². The first-order chi connectivity index (χ1) is 14.1. The molecule has 1 aliphatic rings. The summed E-state index contributed by atoms with van der Waals surface area (Å²) in [6, 6.07) is 17.1. The van der Waals surface area contributed by atoms with Gasteiger partial charge in [0.1, 0.15) is 5.75 Å². The molecule has 6 nitrogen and oxygen atoms in total. The Balaban J connectivity index is 0.00000320. The van der Waals surface area contributed by atoms with Gasteiger partial charge in [-0.3, -0.25) is 4.99 Å². The number of nitrogens with one attached hydrogen (secondary N) is 1. The average molecular weight is 523 g/mol. The van der Waals surface area contributed by atoms with Gasteiger partial charge in [-0.25, -0.2) is 0 Å². The number of aliphatic imine (C=N–C) groups is 1. The molecule has 0 amide bonds. The molecule has 1 aliphatic heterocycles. The van der Waals surface area contributed by atoms with Crippen molar-refractivity contribution in [2.24, 2.45) is 4.99 Å². The van der Waals surface area contributed by atoms with E-state index >= 15 is 0 Å². The number of piperazine rings is 1. The largest absolute Gasteiger partial charge is 0.497 e. The van der Waals surface area contributed by atoms with Gasteiger partial charge in [-0.05, 0) is 49.5 Å². The number of halogens is 1. The third kappa shape index (κ3) is 6.77. The molecule has 1 N–H and O–H groups in total. The minimum absolute atomic E-state index is 0. The molecule has 3 rings (SSSR count). The van der Waals surface area contributed by atoms with Crippen LogP contribution in [-0.4, -0.2) is 70.2 Å². The quantitative estimate of drug-likeness (QED) is 0.358. The third-order valence-corrected chi connectivity index (χ3v) is 5.20. The molecule has 0 aliphatic carbocycles. The molecule has 30 heavy (non-hydrogen) atoms. The van der Waals surface area contributed by atoms with Gasteiger partial charge in [0.05, 0.1) is 7.11 Å². The van der Waals surface area contributed by atoms with Crippen LogP contribution in [0.3, 0.4) is 0 Å². The molecule has 1 fully saturated rings. The van der Waals surface area contributed by atoms with Crippen molar-refractivity contribution < 1.29 is 4.74 Å². The van der Waals surface area contributed by atoms with Gasteiger partial charge in [0.15, 0.2) is 5.96 Å². The Hall–Kier alpha value is -2.00. The smallest absolute Gasteiger partial charge is 0.194 e. The van der Waals surface area contributed by atoms with Gasteiger partial charge >= 0.3 is 0 Å². The van der Waals surface area contributed by atoms with Gasteiger partial charge in [0.25, 0.3) is 0 Å². The Kier molecular flexibility index (Phi) is 9.71. The Morgan fingerprint density at radius 1 is 0.967 bits per heavy atom. The predicted octanol–water partition coefficient (Wildman–Crippen LogP) is 3.27. The van der Waals surface area contributed by atoms with E-state index in [9.17, 15) is 0 Å². The molecule has 1 heterocycles. The van der Waals surface area contributed by atoms with Crippen LogP contribution in [0.25, 0.3) is 0 Å². The molecule has 2 aromatic rings. The first kappa shape index (κ1) is 24.3. The average Bonchev–Trinajstić information content (AvgIpc) is 2.75. The van der Waals surface area contributed by atoms with Crippen molar-refractivity contribution in [2.45, 2.75) is 13.1 Å². The van der Waals surface area contributed by atoms with Crippen molar-refractivity contribution >= 4 is 35.6 Å². The Labute approximate surface area is 197 Å². The number of hydrogen-bond acceptors (Lipinski definition) is 4. The van der Waals surface area contributed by atoms with Crippen molar-refractivity contribution in [3.63, 3.8) is 0 Å². The molecule has 7 heteroatoms. The summed E-state index contributed by atoms with van der Waals surface area (Å²) in [5.74, 6) is 1.86. The van der Waals surface area contributed by atoms with Crippen LogP contribution >= 0.6 is 24.0 Å². The summed E-state index contributed by atoms with van der Waals surface area (Å²) in [6.07, 6.45) is 0. The fourth-order valence-corrected chi connectivity index (χ4v) is 3.61. The molecule has 0 radical (unpaired) electrons. The summed E-state index contributed by atoms with van der Waals surface area (Å²) >= 11 is 0. The van der Waals surface area contributed by atoms with E-state index in [1.807, 2.05) is 19.2 Å². The first-order valence-corrected chi connectivity index (χ1v) is 10.2. The van der Waals surface area contributed by atoms with Gasteiger partial charge in [-0.1, -0.05) is 24.3 Å². The third-order valence-electron chi connectivity index (χ3n) is 5.20. The highest BCUT2D eigenvalue weighted by atomic mass is 127. The SMILES string of the molecule is CN=C(NCc1ccc(CN(C)C)cc1)N1CCN(c2ccc(OC)cc2)CC1.I. The van der Waals surface area contributed by atoms with Crippen molar-refractivity contribution in [2.75, 3.05) is 59.3 Å². The van der Waals surface area contributed by atoms with Crippen LogP contribution < -0.4 is 15.0 Å². The van der Waals surface area contributed by atoms with Crippen LogP contribution in [0.5, 0.6) is 5.75 Å². The lowest BCUT2D eigenvalue weighted by Gasteiger charge is -2.37. The minimum atomic E-state index is 0. The molecule has 0 aromatic heterocycles. The van der Waals surface area contributed by atoms with E-state index < -0.39 is 0 Å². The van der Waals surface area contributed by atoms with E-state index in [-0.39, 0.29) is 24.0 Å². The maximum Gasteiger partial charge on any atom is 0.194 e. The standard InChI is InChI=1S/C23H33N5O.HI/c1-24-23(25-17-19-5-7-20(8-6-19)18-26(2)3)28-15-13-27(14-16-28)21-9-11-22(29-4)12-10-21;/h5-12H,13-18H2,1-4H3,(H,24,25);1H. The number of hydrogen-bond donors (Lipinski definition) is 1. The maximum absolute atomic E-state index is 5.25. The van der Waals surface area contributed by atoms with Crippen LogP contribution in [0.1, 0.15) is 11.1 Å². The highest BCUT2D eigenvalue weighted by Crippen LogP contribution is 2.20. The van der Waals surface area contributed by atoms with Gasteiger partial charge < -0.3 is 24.8 Å². The van der Waals surface area contributed by atoms with Crippen LogP contribution in [0.15, 0.2) is 53.5 Å². The number of rotatable bonds is 6. The molecule has 1 saturated heterocycles. The second-order valence-corrected chi connectivity index (χ2v) is 7.63. The summed E-state index contributed by atoms with van der Waals surface area (Å²) in [5.41, 5.74) is 3.84. The normalized spacial score (nSPS) is 14.5. The zero-order chi connectivity index (χ0) is 20.6. The maximum atomic E-state index is 5.25. The number of guanidine groups is 1. The van der Waals surface area contributed by atoms with Crippen LogP contribution in [0.4, 0.5) is 5.69 Å². The zero-order valence-electron chi connectivity index (χ0n) is 18.5. The molecule has 0 spiro atoms. The molecule has 0 unspecified atom stereocenters. The topological polar surface area (TPSA) is 43.3 Å². The molecule has 2 aromatic carbocycles. The molecule has 164 valence electrons. The highest BCUT2D eigenvalue weighted by Gasteiger charge is 2.19. The second-order valence-electron chi connectivity index (χ2n) is 7.63. The summed E-state index contributed by atoms with van der Waals surface area (Å²) < 4.78 is 5.25. The lowest BCUT2D eigenvalue weighted by molar-refractivity contribution is 0.372. The number of benzene rings is 2. The van der Waals surface area contributed by atoms with Gasteiger partial charge in [-0.15, -0.1) is 24.0 Å². The van der Waals surface area contributed by atoms with Crippen molar-refractivity contribution in [3.8, 4) is 5.75 Å². The molecule has 0 saturated carbocycles. The van der Waals surface area contributed by atoms with Crippen LogP contribution in [-0.2, 0) is 13.1 Å². The van der Waals surface area contributed by atoms with Crippen molar-refractivity contribution in [1.29, 1.82) is 0 Å². The van der Waals surface area contributed by atoms with E-state index in [4.69, 9.17) is 4.74 Å². The highest BCUT2D eigenvalue weighted by molar-refractivity contribution is 14.0. The van der Waals surface area contributed by atoms with E-state index in [0.717, 1.165) is 51.0 Å². The summed E-state index contributed by atoms with van der Waals surface area (Å²) in [6.45, 7) is 5.61. The van der Waals surface area contributed by atoms with E-state index in [0.29, 0.717) is 0 Å². The zero-order valence-corrected chi connectivity index (χ0v) is 20.8. The monoisotopic (exact) mass is 523 g/mol. The van der Waals surface area contributed by atoms with E-state index in [1.165, 1.54) is 16.8 Å². The van der Waals surface area contributed by atoms with Crippen molar-refractivity contribution in [3.05, 3.63) is 59.7 Å². The van der Waals surface area contributed by atoms with E-state index in [2.05, 4.69) is 75.5 Å². The second kappa shape index (κ2) is 12.0. The van der Waals surface area contributed by atoms with Crippen LogP contribution in [0.2, 0.25) is 0 Å². The fraction of sp³-hybridized carbons (Fsp3) is 0.435. The Morgan fingerprint density at radius 2 is 1.57 bits per heavy atom. The van der Waals surface area contributed by atoms with Gasteiger partial charge in [0.2, 0.25) is 0 Å². The summed E-state index contributed by atoms with van der Waals surface area (Å²) in [5, 5.41) is 3.52. The fourth-order valence-electron chi connectivity index (χ4n) is 3.61. The lowest BCUT2D eigenvalue weighted by Crippen LogP contribution is -2.52. The predicted molar refractivity (Wildman–Crippen MR) is 136 cm³/mol. The van der Waals surface area contributed by atoms with Gasteiger partial charge in [0, 0.05) is 52.0 Å². The molecular weight excluding hydrogens is 489 g/mol. The number of nitrogens with zero attached hydrogens (tertiary/aromatic N) is 4. The lowest BCUT2D eigenvalue weighted by atomic mass is 10.1. The first-order valence-electron chi connectivity index (χ1n) is 10.2. The number of anilines is 1. The molecular formula is C23H34IN5O. The van der Waals surface area contributed by atoms with Crippen LogP contribution in [0, 0.1) is 0 Å². The summed E-state index contributed by atoms with van der Waals surface area (Å²) in [7, 11) is 7.74. The Morgan fingerprint density at radius 3 is 2.10 bits per heavy atom. The minimum Gasteiger partial charge on any atom is -0.497 e. The molecule has 0 bridgehead atoms. The number of methoxy groups -OCH3 is 1. The molecule has 0 atom stereocenters. The van der Waals surface area contributed by atoms with Crippen molar-refractivity contribution in [1.82, 2.24) is 15.1 Å².